The first-order valence-corrected chi connectivity index (χ1v) is 4.55. The number of carboxylic acids is 2. The molecule has 0 radical (unpaired) electrons. The molecular weight excluding hydrogens is 200 g/mol. The van der Waals surface area contributed by atoms with Gasteiger partial charge in [-0.3, -0.25) is 4.79 Å². The molecule has 84 valence electrons. The second kappa shape index (κ2) is 7.61. The molecule has 0 amide bonds. The summed E-state index contributed by atoms with van der Waals surface area (Å²) in [6, 6.07) is 0. The van der Waals surface area contributed by atoms with E-state index in [0.29, 0.717) is 12.8 Å². The van der Waals surface area contributed by atoms with Crippen molar-refractivity contribution in [2.45, 2.75) is 25.7 Å². The van der Waals surface area contributed by atoms with Crippen molar-refractivity contribution in [3.63, 3.8) is 0 Å². The van der Waals surface area contributed by atoms with Crippen molar-refractivity contribution in [2.75, 3.05) is 0 Å². The molecule has 0 fully saturated rings. The standard InChI is InChI=1S/C10H14O5/c11-8(10(14)15)6-4-2-1-3-5-7-9(12)13/h2,4,6,11H,1,3,5,7H2,(H,12,13)(H,14,15)/b4-2+,8-6+. The Kier molecular flexibility index (Phi) is 6.70. The highest BCUT2D eigenvalue weighted by molar-refractivity contribution is 5.83. The quantitative estimate of drug-likeness (QED) is 0.259. The lowest BCUT2D eigenvalue weighted by atomic mass is 10.2. The average molecular weight is 214 g/mol. The van der Waals surface area contributed by atoms with E-state index in [9.17, 15) is 9.59 Å². The fourth-order valence-electron chi connectivity index (χ4n) is 0.865. The van der Waals surface area contributed by atoms with Crippen LogP contribution in [0, 0.1) is 0 Å². The van der Waals surface area contributed by atoms with Crippen LogP contribution in [0.5, 0.6) is 0 Å². The Hall–Kier alpha value is -1.78. The Morgan fingerprint density at radius 3 is 2.27 bits per heavy atom. The van der Waals surface area contributed by atoms with E-state index in [-0.39, 0.29) is 6.42 Å². The summed E-state index contributed by atoms with van der Waals surface area (Å²) < 4.78 is 0. The Bertz CT molecular complexity index is 278. The van der Waals surface area contributed by atoms with Crippen LogP contribution in [0.3, 0.4) is 0 Å². The van der Waals surface area contributed by atoms with Crippen LogP contribution in [0.25, 0.3) is 0 Å². The van der Waals surface area contributed by atoms with Crippen LogP contribution in [-0.4, -0.2) is 27.3 Å². The summed E-state index contributed by atoms with van der Waals surface area (Å²) in [5.74, 6) is -2.90. The number of unbranched alkanes of at least 4 members (excludes halogenated alkanes) is 2. The number of aliphatic hydroxyl groups is 1. The van der Waals surface area contributed by atoms with Crippen LogP contribution in [0.1, 0.15) is 25.7 Å². The maximum absolute atomic E-state index is 10.1. The molecule has 5 nitrogen and oxygen atoms in total. The highest BCUT2D eigenvalue weighted by Crippen LogP contribution is 2.01. The van der Waals surface area contributed by atoms with Crippen LogP contribution in [0.15, 0.2) is 24.0 Å². The first-order valence-electron chi connectivity index (χ1n) is 4.55. The molecule has 0 atom stereocenters. The van der Waals surface area contributed by atoms with Crippen molar-refractivity contribution in [2.24, 2.45) is 0 Å². The molecule has 5 heteroatoms. The predicted molar refractivity (Wildman–Crippen MR) is 53.6 cm³/mol. The third kappa shape index (κ3) is 8.55. The molecule has 0 unspecified atom stereocenters. The molecule has 0 aromatic carbocycles. The fourth-order valence-corrected chi connectivity index (χ4v) is 0.865. The van der Waals surface area contributed by atoms with Crippen molar-refractivity contribution in [3.8, 4) is 0 Å². The molecule has 0 spiro atoms. The van der Waals surface area contributed by atoms with E-state index < -0.39 is 17.7 Å². The zero-order valence-corrected chi connectivity index (χ0v) is 8.22. The molecule has 0 aliphatic heterocycles. The van der Waals surface area contributed by atoms with E-state index in [4.69, 9.17) is 15.3 Å². The zero-order valence-electron chi connectivity index (χ0n) is 8.22. The van der Waals surface area contributed by atoms with Gasteiger partial charge in [0, 0.05) is 6.42 Å². The SMILES string of the molecule is O=C(O)CCCC/C=C/C=C(/O)C(=O)O. The molecular formula is C10H14O5. The molecule has 0 aliphatic carbocycles. The van der Waals surface area contributed by atoms with Gasteiger partial charge in [-0.25, -0.2) is 4.79 Å². The highest BCUT2D eigenvalue weighted by atomic mass is 16.4. The van der Waals surface area contributed by atoms with Gasteiger partial charge in [-0.05, 0) is 25.3 Å². The molecule has 0 aromatic heterocycles. The number of aliphatic hydroxyl groups excluding tert-OH is 1. The summed E-state index contributed by atoms with van der Waals surface area (Å²) in [7, 11) is 0. The number of allylic oxidation sites excluding steroid dienone is 3. The van der Waals surface area contributed by atoms with Crippen LogP contribution >= 0.6 is 0 Å². The number of rotatable bonds is 7. The van der Waals surface area contributed by atoms with Gasteiger partial charge in [-0.1, -0.05) is 12.2 Å². The van der Waals surface area contributed by atoms with Gasteiger partial charge in [0.15, 0.2) is 0 Å². The van der Waals surface area contributed by atoms with E-state index in [0.717, 1.165) is 12.5 Å². The van der Waals surface area contributed by atoms with Crippen molar-refractivity contribution in [1.82, 2.24) is 0 Å². The van der Waals surface area contributed by atoms with Gasteiger partial charge >= 0.3 is 11.9 Å². The van der Waals surface area contributed by atoms with Crippen LogP contribution in [-0.2, 0) is 9.59 Å². The minimum atomic E-state index is -1.37. The molecule has 0 bridgehead atoms. The van der Waals surface area contributed by atoms with E-state index in [1.807, 2.05) is 0 Å². The predicted octanol–water partition coefficient (Wildman–Crippen LogP) is 1.71. The van der Waals surface area contributed by atoms with E-state index in [1.165, 1.54) is 6.08 Å². The number of carbonyl (C=O) groups is 2. The summed E-state index contributed by atoms with van der Waals surface area (Å²) >= 11 is 0. The lowest BCUT2D eigenvalue weighted by Crippen LogP contribution is -1.97. The van der Waals surface area contributed by atoms with Crippen LogP contribution in [0.2, 0.25) is 0 Å². The number of carboxylic acid groups (broad SMARTS) is 2. The highest BCUT2D eigenvalue weighted by Gasteiger charge is 1.99. The number of hydrogen-bond acceptors (Lipinski definition) is 3. The molecule has 0 saturated heterocycles. The first-order chi connectivity index (χ1) is 7.04. The molecule has 3 N–H and O–H groups in total. The summed E-state index contributed by atoms with van der Waals surface area (Å²) in [4.78, 5) is 20.2. The smallest absolute Gasteiger partial charge is 0.370 e. The summed E-state index contributed by atoms with van der Waals surface area (Å²) in [5, 5.41) is 25.3. The zero-order chi connectivity index (χ0) is 11.7. The molecule has 0 saturated carbocycles. The Balaban J connectivity index is 3.59. The van der Waals surface area contributed by atoms with Gasteiger partial charge < -0.3 is 15.3 Å². The third-order valence-electron chi connectivity index (χ3n) is 1.62. The fraction of sp³-hybridized carbons (Fsp3) is 0.400. The normalized spacial score (nSPS) is 11.9. The summed E-state index contributed by atoms with van der Waals surface area (Å²) in [5.41, 5.74) is 0. The van der Waals surface area contributed by atoms with Gasteiger partial charge in [0.1, 0.15) is 0 Å². The largest absolute Gasteiger partial charge is 0.502 e. The first kappa shape index (κ1) is 13.2. The Morgan fingerprint density at radius 1 is 1.07 bits per heavy atom. The van der Waals surface area contributed by atoms with Crippen LogP contribution in [0.4, 0.5) is 0 Å². The van der Waals surface area contributed by atoms with E-state index in [2.05, 4.69) is 0 Å². The number of aliphatic carboxylic acids is 2. The summed E-state index contributed by atoms with van der Waals surface area (Å²) in [6.45, 7) is 0. The van der Waals surface area contributed by atoms with Gasteiger partial charge in [-0.15, -0.1) is 0 Å². The Labute approximate surface area is 87.4 Å². The molecule has 0 heterocycles. The van der Waals surface area contributed by atoms with Gasteiger partial charge in [0.2, 0.25) is 5.76 Å². The van der Waals surface area contributed by atoms with Crippen molar-refractivity contribution < 1.29 is 24.9 Å². The van der Waals surface area contributed by atoms with Gasteiger partial charge in [0.05, 0.1) is 0 Å². The van der Waals surface area contributed by atoms with Crippen LogP contribution < -0.4 is 0 Å². The Morgan fingerprint density at radius 2 is 1.73 bits per heavy atom. The lowest BCUT2D eigenvalue weighted by Gasteiger charge is -1.92. The molecule has 0 rings (SSSR count). The second-order valence-corrected chi connectivity index (χ2v) is 2.92. The maximum atomic E-state index is 10.1. The minimum Gasteiger partial charge on any atom is -0.502 e. The molecule has 0 aromatic rings. The lowest BCUT2D eigenvalue weighted by molar-refractivity contribution is -0.137. The third-order valence-corrected chi connectivity index (χ3v) is 1.62. The summed E-state index contributed by atoms with van der Waals surface area (Å²) in [6.07, 6.45) is 6.32. The minimum absolute atomic E-state index is 0.143. The van der Waals surface area contributed by atoms with Crippen molar-refractivity contribution >= 4 is 11.9 Å². The van der Waals surface area contributed by atoms with Crippen molar-refractivity contribution in [3.05, 3.63) is 24.0 Å². The average Bonchev–Trinajstić information content (AvgIpc) is 2.15. The van der Waals surface area contributed by atoms with Crippen molar-refractivity contribution in [1.29, 1.82) is 0 Å². The molecule has 0 aliphatic rings. The second-order valence-electron chi connectivity index (χ2n) is 2.92. The monoisotopic (exact) mass is 214 g/mol. The van der Waals surface area contributed by atoms with Gasteiger partial charge in [0.25, 0.3) is 0 Å². The molecule has 15 heavy (non-hydrogen) atoms. The topological polar surface area (TPSA) is 94.8 Å². The van der Waals surface area contributed by atoms with E-state index >= 15 is 0 Å². The maximum Gasteiger partial charge on any atom is 0.370 e. The van der Waals surface area contributed by atoms with Gasteiger partial charge in [-0.2, -0.15) is 0 Å². The number of hydrogen-bond donors (Lipinski definition) is 3. The van der Waals surface area contributed by atoms with E-state index in [1.54, 1.807) is 6.08 Å².